The van der Waals surface area contributed by atoms with Crippen LogP contribution in [-0.2, 0) is 4.79 Å². The van der Waals surface area contributed by atoms with Gasteiger partial charge in [0.2, 0.25) is 5.96 Å². The van der Waals surface area contributed by atoms with Crippen LogP contribution < -0.4 is 10.1 Å². The summed E-state index contributed by atoms with van der Waals surface area (Å²) in [5, 5.41) is 3.48. The number of urea groups is 1. The van der Waals surface area contributed by atoms with Crippen LogP contribution >= 0.6 is 11.8 Å². The number of nitrogens with zero attached hydrogens (tertiary/aromatic N) is 4. The Kier molecular flexibility index (Phi) is 21.7. The Balaban J connectivity index is 0.000000460. The Labute approximate surface area is 301 Å². The summed E-state index contributed by atoms with van der Waals surface area (Å²) in [6.45, 7) is 16.7. The molecule has 1 saturated heterocycles. The van der Waals surface area contributed by atoms with Crippen molar-refractivity contribution in [3.8, 4) is 5.75 Å². The minimum Gasteiger partial charge on any atom is -0.406 e. The maximum atomic E-state index is 11.9. The number of guanidine groups is 1. The van der Waals surface area contributed by atoms with Crippen molar-refractivity contribution in [2.24, 2.45) is 20.9 Å². The summed E-state index contributed by atoms with van der Waals surface area (Å²) in [5.41, 5.74) is 3.75. The van der Waals surface area contributed by atoms with E-state index in [1.54, 1.807) is 33.0 Å². The lowest BCUT2D eigenvalue weighted by atomic mass is 9.94. The first kappa shape index (κ1) is 44.4. The molecule has 0 aromatic heterocycles. The van der Waals surface area contributed by atoms with Crippen LogP contribution in [0.15, 0.2) is 63.5 Å². The van der Waals surface area contributed by atoms with E-state index in [2.05, 4.69) is 81.9 Å². The molecule has 2 aromatic carbocycles. The molecule has 1 N–H and O–H groups in total. The summed E-state index contributed by atoms with van der Waals surface area (Å²) in [7, 11) is 1.79. The Hall–Kier alpha value is -3.67. The largest absolute Gasteiger partial charge is 0.573 e. The smallest absolute Gasteiger partial charge is 0.406 e. The molecule has 0 spiro atoms. The van der Waals surface area contributed by atoms with E-state index in [4.69, 9.17) is 0 Å². The van der Waals surface area contributed by atoms with E-state index < -0.39 is 6.36 Å². The number of benzene rings is 2. The van der Waals surface area contributed by atoms with Gasteiger partial charge in [-0.2, -0.15) is 4.99 Å². The molecule has 12 heteroatoms. The second-order valence-corrected chi connectivity index (χ2v) is 13.4. The summed E-state index contributed by atoms with van der Waals surface area (Å²) in [4.78, 5) is 38.2. The maximum Gasteiger partial charge on any atom is 0.573 e. The number of piperidine rings is 1. The van der Waals surface area contributed by atoms with Gasteiger partial charge in [-0.1, -0.05) is 76.1 Å². The highest BCUT2D eigenvalue weighted by atomic mass is 32.2. The van der Waals surface area contributed by atoms with Gasteiger partial charge in [-0.15, -0.1) is 24.9 Å². The number of Topliss-reactive ketones (excluding diaryl/α,β-unsaturated/α-hetero) is 1. The van der Waals surface area contributed by atoms with Gasteiger partial charge in [0.15, 0.2) is 0 Å². The summed E-state index contributed by atoms with van der Waals surface area (Å²) < 4.78 is 38.5. The van der Waals surface area contributed by atoms with Gasteiger partial charge in [0.25, 0.3) is 0 Å². The highest BCUT2D eigenvalue weighted by Crippen LogP contribution is 2.23. The van der Waals surface area contributed by atoms with Gasteiger partial charge < -0.3 is 15.0 Å². The van der Waals surface area contributed by atoms with Crippen LogP contribution in [0.5, 0.6) is 5.75 Å². The molecule has 50 heavy (non-hydrogen) atoms. The molecule has 8 nitrogen and oxygen atoms in total. The fourth-order valence-corrected chi connectivity index (χ4v) is 5.56. The number of aliphatic imine (C=N–C) groups is 3. The molecule has 0 aliphatic carbocycles. The second-order valence-electron chi connectivity index (χ2n) is 12.3. The zero-order valence-electron chi connectivity index (χ0n) is 31.0. The standard InChI is InChI=1S/C20H35N5O2S.C10H14.C8H7F3O/c1-5-7-11-22-19(21-4)25-13-9-17(10-14-25)8-12-23-20(27)24-16(3)28-15-18(26)6-2;1-8(2)10-7-5-4-6-9(10)3;1-6-2-4-7(5-3-6)12-8(9,10)11/h11,17H,5-10,12-15H2,1-4H3,(H,23,27);4-8H,1-3H3;2-5H,1H3/b21-19?,22-11-,24-16-;;. The first-order valence-electron chi connectivity index (χ1n) is 17.3. The van der Waals surface area contributed by atoms with Gasteiger partial charge in [0, 0.05) is 39.3 Å². The topological polar surface area (TPSA) is 95.7 Å². The van der Waals surface area contributed by atoms with Crippen molar-refractivity contribution in [1.29, 1.82) is 0 Å². The molecule has 0 bridgehead atoms. The number of hydrogen-bond donors (Lipinski definition) is 1. The van der Waals surface area contributed by atoms with Crippen molar-refractivity contribution >= 4 is 40.8 Å². The second kappa shape index (κ2) is 24.5. The van der Waals surface area contributed by atoms with Crippen molar-refractivity contribution in [3.05, 3.63) is 65.2 Å². The van der Waals surface area contributed by atoms with Crippen molar-refractivity contribution in [2.75, 3.05) is 32.4 Å². The number of likely N-dealkylation sites (tertiary alicyclic amines) is 1. The molecule has 1 heterocycles. The summed E-state index contributed by atoms with van der Waals surface area (Å²) in [6, 6.07) is 13.9. The number of thioether (sulfide) groups is 1. The van der Waals surface area contributed by atoms with Gasteiger partial charge in [0.1, 0.15) is 11.5 Å². The number of alkyl halides is 3. The number of hydrogen-bond acceptors (Lipinski definition) is 5. The lowest BCUT2D eigenvalue weighted by Gasteiger charge is -2.32. The molecule has 278 valence electrons. The number of unbranched alkanes of at least 4 members (excludes halogenated alkanes) is 1. The van der Waals surface area contributed by atoms with Crippen LogP contribution in [0, 0.1) is 19.8 Å². The third-order valence-electron chi connectivity index (χ3n) is 7.71. The molecular formula is C38H56F3N5O3S. The number of carbonyl (C=O) groups is 2. The first-order chi connectivity index (χ1) is 23.7. The Morgan fingerprint density at radius 1 is 1.06 bits per heavy atom. The third kappa shape index (κ3) is 20.1. The van der Waals surface area contributed by atoms with E-state index in [1.807, 2.05) is 13.1 Å². The number of ketones is 1. The summed E-state index contributed by atoms with van der Waals surface area (Å²) in [6.07, 6.45) is 3.04. The zero-order valence-corrected chi connectivity index (χ0v) is 31.8. The van der Waals surface area contributed by atoms with Gasteiger partial charge in [-0.25, -0.2) is 9.79 Å². The molecular weight excluding hydrogens is 664 g/mol. The predicted molar refractivity (Wildman–Crippen MR) is 203 cm³/mol. The van der Waals surface area contributed by atoms with Crippen LogP contribution in [0.25, 0.3) is 0 Å². The van der Waals surface area contributed by atoms with Crippen LogP contribution in [0.4, 0.5) is 18.0 Å². The summed E-state index contributed by atoms with van der Waals surface area (Å²) in [5.74, 6) is 2.43. The third-order valence-corrected chi connectivity index (χ3v) is 8.69. The number of aryl methyl sites for hydroxylation is 2. The van der Waals surface area contributed by atoms with Crippen LogP contribution in [0.1, 0.15) is 95.8 Å². The van der Waals surface area contributed by atoms with Crippen molar-refractivity contribution in [2.45, 2.75) is 99.3 Å². The van der Waals surface area contributed by atoms with Gasteiger partial charge in [0.05, 0.1) is 10.8 Å². The molecule has 0 atom stereocenters. The van der Waals surface area contributed by atoms with E-state index in [0.29, 0.717) is 35.6 Å². The monoisotopic (exact) mass is 719 g/mol. The number of rotatable bonds is 10. The minimum atomic E-state index is -4.60. The molecule has 3 rings (SSSR count). The van der Waals surface area contributed by atoms with Crippen LogP contribution in [0.3, 0.4) is 0 Å². The maximum absolute atomic E-state index is 11.9. The molecule has 0 unspecified atom stereocenters. The van der Waals surface area contributed by atoms with E-state index in [0.717, 1.165) is 56.7 Å². The minimum absolute atomic E-state index is 0.165. The highest BCUT2D eigenvalue weighted by molar-refractivity contribution is 8.14. The van der Waals surface area contributed by atoms with E-state index in [1.165, 1.54) is 35.0 Å². The number of ether oxygens (including phenoxy) is 1. The fourth-order valence-electron chi connectivity index (χ4n) is 4.84. The average molecular weight is 720 g/mol. The SMILES string of the molecule is CCC/C=N\C(=NC)N1CCC(CCNC(=O)/N=C(/C)SCC(=O)CC)CC1.Cc1ccc(OC(F)(F)F)cc1.Cc1ccccc1C(C)C. The number of carbonyl (C=O) groups excluding carboxylic acids is 2. The van der Waals surface area contributed by atoms with E-state index >= 15 is 0 Å². The quantitative estimate of drug-likeness (QED) is 0.195. The number of amides is 2. The van der Waals surface area contributed by atoms with Gasteiger partial charge >= 0.3 is 12.4 Å². The van der Waals surface area contributed by atoms with E-state index in [9.17, 15) is 22.8 Å². The van der Waals surface area contributed by atoms with Gasteiger partial charge in [-0.05, 0) is 81.5 Å². The Bertz CT molecular complexity index is 1370. The van der Waals surface area contributed by atoms with Crippen LogP contribution in [0.2, 0.25) is 0 Å². The van der Waals surface area contributed by atoms with E-state index in [-0.39, 0.29) is 17.6 Å². The Morgan fingerprint density at radius 2 is 1.70 bits per heavy atom. The normalized spacial score (nSPS) is 14.1. The molecule has 1 aliphatic rings. The van der Waals surface area contributed by atoms with Crippen molar-refractivity contribution in [3.63, 3.8) is 0 Å². The van der Waals surface area contributed by atoms with Gasteiger partial charge in [-0.3, -0.25) is 9.79 Å². The van der Waals surface area contributed by atoms with Crippen LogP contribution in [-0.4, -0.2) is 72.7 Å². The summed E-state index contributed by atoms with van der Waals surface area (Å²) >= 11 is 1.32. The molecule has 1 aliphatic heterocycles. The molecule has 0 radical (unpaired) electrons. The van der Waals surface area contributed by atoms with Crippen molar-refractivity contribution in [1.82, 2.24) is 10.2 Å². The Morgan fingerprint density at radius 3 is 2.22 bits per heavy atom. The molecule has 0 saturated carbocycles. The fraction of sp³-hybridized carbons (Fsp3) is 0.553. The lowest BCUT2D eigenvalue weighted by molar-refractivity contribution is -0.274. The predicted octanol–water partition coefficient (Wildman–Crippen LogP) is 9.80. The molecule has 2 amide bonds. The number of halogens is 3. The number of nitrogens with one attached hydrogen (secondary N) is 1. The highest BCUT2D eigenvalue weighted by Gasteiger charge is 2.30. The zero-order chi connectivity index (χ0) is 37.5. The average Bonchev–Trinajstić information content (AvgIpc) is 3.07. The van der Waals surface area contributed by atoms with Crippen molar-refractivity contribution < 1.29 is 27.5 Å². The lowest BCUT2D eigenvalue weighted by Crippen LogP contribution is -2.38. The molecule has 1 fully saturated rings. The molecule has 2 aromatic rings. The first-order valence-corrected chi connectivity index (χ1v) is 18.3.